The summed E-state index contributed by atoms with van der Waals surface area (Å²) in [4.78, 5) is 0. The number of hydrogen-bond donors (Lipinski definition) is 0. The molecule has 0 aliphatic rings. The molecule has 28 heavy (non-hydrogen) atoms. The van der Waals surface area contributed by atoms with Crippen LogP contribution in [0.15, 0.2) is 24.3 Å². The molecular formula is C28H42. The van der Waals surface area contributed by atoms with Gasteiger partial charge in [0.15, 0.2) is 0 Å². The largest absolute Gasteiger partial charge is 0.0654 e. The summed E-state index contributed by atoms with van der Waals surface area (Å²) in [6, 6.07) is 9.99. The van der Waals surface area contributed by atoms with Crippen LogP contribution in [0.1, 0.15) is 104 Å². The quantitative estimate of drug-likeness (QED) is 0.411. The molecule has 0 radical (unpaired) electrons. The Balaban J connectivity index is 2.68. The molecule has 0 heteroatoms. The van der Waals surface area contributed by atoms with E-state index >= 15 is 0 Å². The molecule has 154 valence electrons. The van der Waals surface area contributed by atoms with E-state index in [9.17, 15) is 0 Å². The van der Waals surface area contributed by atoms with Gasteiger partial charge in [0.05, 0.1) is 0 Å². The lowest BCUT2D eigenvalue weighted by Gasteiger charge is -2.30. The third-order valence-electron chi connectivity index (χ3n) is 7.00. The average molecular weight is 379 g/mol. The van der Waals surface area contributed by atoms with Crippen molar-refractivity contribution in [3.05, 3.63) is 68.8 Å². The second-order valence-electron chi connectivity index (χ2n) is 8.74. The van der Waals surface area contributed by atoms with E-state index in [1.165, 1.54) is 70.2 Å². The van der Waals surface area contributed by atoms with E-state index < -0.39 is 0 Å². The van der Waals surface area contributed by atoms with E-state index in [2.05, 4.69) is 79.7 Å². The van der Waals surface area contributed by atoms with Gasteiger partial charge in [-0.15, -0.1) is 0 Å². The number of aryl methyl sites for hydroxylation is 4. The first-order chi connectivity index (χ1) is 13.4. The molecule has 0 amide bonds. The highest BCUT2D eigenvalue weighted by Crippen LogP contribution is 2.39. The molecule has 2 rings (SSSR count). The maximum absolute atomic E-state index is 2.52. The summed E-state index contributed by atoms with van der Waals surface area (Å²) in [7, 11) is 0. The third-order valence-corrected chi connectivity index (χ3v) is 7.00. The van der Waals surface area contributed by atoms with Crippen molar-refractivity contribution in [2.75, 3.05) is 0 Å². The summed E-state index contributed by atoms with van der Waals surface area (Å²) >= 11 is 0. The maximum atomic E-state index is 2.52. The zero-order valence-corrected chi connectivity index (χ0v) is 19.7. The van der Waals surface area contributed by atoms with E-state index in [1.54, 1.807) is 0 Å². The molecule has 0 N–H and O–H groups in total. The molecule has 0 spiro atoms. The first kappa shape index (κ1) is 22.7. The Kier molecular flexibility index (Phi) is 8.35. The second kappa shape index (κ2) is 10.3. The van der Waals surface area contributed by atoms with Crippen LogP contribution >= 0.6 is 0 Å². The van der Waals surface area contributed by atoms with Gasteiger partial charge < -0.3 is 0 Å². The molecule has 0 saturated carbocycles. The molecule has 0 bridgehead atoms. The molecule has 0 nitrogen and oxygen atoms in total. The van der Waals surface area contributed by atoms with Crippen LogP contribution in [-0.2, 0) is 12.8 Å². The average Bonchev–Trinajstić information content (AvgIpc) is 2.69. The van der Waals surface area contributed by atoms with Crippen molar-refractivity contribution in [1.29, 1.82) is 0 Å². The maximum Gasteiger partial charge on any atom is 0.0118 e. The molecule has 1 atom stereocenters. The van der Waals surface area contributed by atoms with Gasteiger partial charge >= 0.3 is 0 Å². The Morgan fingerprint density at radius 3 is 1.50 bits per heavy atom. The predicted octanol–water partition coefficient (Wildman–Crippen LogP) is 8.39. The molecule has 2 aromatic rings. The van der Waals surface area contributed by atoms with Crippen LogP contribution in [0.3, 0.4) is 0 Å². The fourth-order valence-electron chi connectivity index (χ4n) is 4.83. The van der Waals surface area contributed by atoms with Gasteiger partial charge in [-0.2, -0.15) is 0 Å². The van der Waals surface area contributed by atoms with Crippen LogP contribution in [0, 0.1) is 33.6 Å². The molecule has 0 saturated heterocycles. The summed E-state index contributed by atoms with van der Waals surface area (Å²) in [5.74, 6) is 1.21. The summed E-state index contributed by atoms with van der Waals surface area (Å²) in [5.41, 5.74) is 12.0. The van der Waals surface area contributed by atoms with Crippen molar-refractivity contribution in [1.82, 2.24) is 0 Å². The normalized spacial score (nSPS) is 12.6. The van der Waals surface area contributed by atoms with Gasteiger partial charge in [-0.3, -0.25) is 0 Å². The predicted molar refractivity (Wildman–Crippen MR) is 126 cm³/mol. The highest BCUT2D eigenvalue weighted by Gasteiger charge is 2.25. The lowest BCUT2D eigenvalue weighted by molar-refractivity contribution is 0.405. The van der Waals surface area contributed by atoms with E-state index in [4.69, 9.17) is 0 Å². The van der Waals surface area contributed by atoms with E-state index in [0.717, 1.165) is 12.8 Å². The zero-order valence-electron chi connectivity index (χ0n) is 19.7. The lowest BCUT2D eigenvalue weighted by atomic mass is 9.74. The molecular weight excluding hydrogens is 336 g/mol. The third kappa shape index (κ3) is 4.88. The molecule has 2 aromatic carbocycles. The number of hydrogen-bond acceptors (Lipinski definition) is 0. The standard InChI is InChI=1S/C28H42/c1-9-13-14-23(10-2)28(26-15-19(5)21(7)24(11-3)17-26)27-16-20(6)22(8)25(12-4)18-27/h15-18,23,28H,9-14H2,1-8H3. The van der Waals surface area contributed by atoms with Crippen molar-refractivity contribution in [3.63, 3.8) is 0 Å². The fourth-order valence-corrected chi connectivity index (χ4v) is 4.83. The minimum absolute atomic E-state index is 0.505. The van der Waals surface area contributed by atoms with Crippen LogP contribution in [0.2, 0.25) is 0 Å². The van der Waals surface area contributed by atoms with Crippen LogP contribution in [-0.4, -0.2) is 0 Å². The highest BCUT2D eigenvalue weighted by molar-refractivity contribution is 5.46. The van der Waals surface area contributed by atoms with Crippen molar-refractivity contribution in [3.8, 4) is 0 Å². The van der Waals surface area contributed by atoms with Crippen LogP contribution in [0.4, 0.5) is 0 Å². The minimum Gasteiger partial charge on any atom is -0.0654 e. The topological polar surface area (TPSA) is 0 Å². The summed E-state index contributed by atoms with van der Waals surface area (Å²) in [6.45, 7) is 18.4. The Labute approximate surface area is 174 Å². The van der Waals surface area contributed by atoms with Gasteiger partial charge in [0.25, 0.3) is 0 Å². The highest BCUT2D eigenvalue weighted by atomic mass is 14.3. The first-order valence-electron chi connectivity index (χ1n) is 11.6. The fraction of sp³-hybridized carbons (Fsp3) is 0.571. The van der Waals surface area contributed by atoms with E-state index in [0.29, 0.717) is 11.8 Å². The van der Waals surface area contributed by atoms with Crippen LogP contribution < -0.4 is 0 Å². The number of rotatable bonds is 9. The summed E-state index contributed by atoms with van der Waals surface area (Å²) < 4.78 is 0. The molecule has 0 heterocycles. The van der Waals surface area contributed by atoms with Gasteiger partial charge in [0.2, 0.25) is 0 Å². The van der Waals surface area contributed by atoms with Crippen molar-refractivity contribution in [2.24, 2.45) is 5.92 Å². The summed E-state index contributed by atoms with van der Waals surface area (Å²) in [6.07, 6.45) is 7.40. The number of benzene rings is 2. The van der Waals surface area contributed by atoms with Gasteiger partial charge in [0, 0.05) is 5.92 Å². The van der Waals surface area contributed by atoms with E-state index in [1.807, 2.05) is 0 Å². The van der Waals surface area contributed by atoms with Gasteiger partial charge in [-0.1, -0.05) is 71.2 Å². The van der Waals surface area contributed by atoms with Crippen molar-refractivity contribution in [2.45, 2.75) is 99.8 Å². The summed E-state index contributed by atoms with van der Waals surface area (Å²) in [5, 5.41) is 0. The SMILES string of the molecule is CCCCC(CC)C(c1cc(C)c(C)c(CC)c1)c1cc(C)c(C)c(CC)c1. The zero-order chi connectivity index (χ0) is 20.8. The Morgan fingerprint density at radius 1 is 0.679 bits per heavy atom. The lowest BCUT2D eigenvalue weighted by Crippen LogP contribution is -2.16. The van der Waals surface area contributed by atoms with Crippen LogP contribution in [0.5, 0.6) is 0 Å². The van der Waals surface area contributed by atoms with E-state index in [-0.39, 0.29) is 0 Å². The molecule has 1 unspecified atom stereocenters. The smallest absolute Gasteiger partial charge is 0.0118 e. The Bertz CT molecular complexity index is 722. The Morgan fingerprint density at radius 2 is 1.14 bits per heavy atom. The van der Waals surface area contributed by atoms with Crippen molar-refractivity contribution < 1.29 is 0 Å². The van der Waals surface area contributed by atoms with Gasteiger partial charge in [0.1, 0.15) is 0 Å². The monoisotopic (exact) mass is 378 g/mol. The molecule has 0 fully saturated rings. The van der Waals surface area contributed by atoms with Crippen LogP contribution in [0.25, 0.3) is 0 Å². The molecule has 0 aromatic heterocycles. The first-order valence-corrected chi connectivity index (χ1v) is 11.6. The second-order valence-corrected chi connectivity index (χ2v) is 8.74. The van der Waals surface area contributed by atoms with Crippen molar-refractivity contribution >= 4 is 0 Å². The molecule has 0 aliphatic carbocycles. The number of unbranched alkanes of at least 4 members (excludes halogenated alkanes) is 1. The van der Waals surface area contributed by atoms with Gasteiger partial charge in [-0.05, 0) is 97.4 Å². The Hall–Kier alpha value is -1.56. The van der Waals surface area contributed by atoms with Gasteiger partial charge in [-0.25, -0.2) is 0 Å². The minimum atomic E-state index is 0.505. The molecule has 0 aliphatic heterocycles.